The molecule has 0 atom stereocenters. The zero-order chi connectivity index (χ0) is 8.81. The molecule has 0 aliphatic heterocycles. The number of aromatic nitrogens is 1. The van der Waals surface area contributed by atoms with Gasteiger partial charge in [0.25, 0.3) is 0 Å². The molecule has 1 heterocycles. The Balaban J connectivity index is 2.31. The van der Waals surface area contributed by atoms with Gasteiger partial charge >= 0.3 is 0 Å². The van der Waals surface area contributed by atoms with E-state index < -0.39 is 0 Å². The molecule has 4 heteroatoms. The number of hydrogen-bond acceptors (Lipinski definition) is 3. The molecule has 0 saturated heterocycles. The quantitative estimate of drug-likeness (QED) is 0.717. The monoisotopic (exact) mass is 182 g/mol. The van der Waals surface area contributed by atoms with Gasteiger partial charge in [0.2, 0.25) is 5.91 Å². The summed E-state index contributed by atoms with van der Waals surface area (Å²) in [5.41, 5.74) is 2.65. The van der Waals surface area contributed by atoms with E-state index in [2.05, 4.69) is 10.3 Å². The molecular formula is C8H10N2OS. The van der Waals surface area contributed by atoms with Crippen LogP contribution in [-0.2, 0) is 11.3 Å². The van der Waals surface area contributed by atoms with Gasteiger partial charge in [0, 0.05) is 5.38 Å². The number of nitrogens with one attached hydrogen (secondary N) is 1. The molecule has 1 rings (SSSR count). The lowest BCUT2D eigenvalue weighted by Crippen LogP contribution is -2.20. The standard InChI is InChI=1S/C8H10N2OS/c1-2-3-8(11)9-4-7-5-12-6-10-7/h2-3,5-6H,4H2,1H3,(H,9,11). The number of carbonyl (C=O) groups excluding carboxylic acids is 1. The van der Waals surface area contributed by atoms with Gasteiger partial charge in [-0.25, -0.2) is 4.98 Å². The first kappa shape index (κ1) is 8.93. The zero-order valence-electron chi connectivity index (χ0n) is 6.78. The number of rotatable bonds is 3. The lowest BCUT2D eigenvalue weighted by molar-refractivity contribution is -0.116. The summed E-state index contributed by atoms with van der Waals surface area (Å²) < 4.78 is 0. The van der Waals surface area contributed by atoms with E-state index >= 15 is 0 Å². The van der Waals surface area contributed by atoms with E-state index in [1.807, 2.05) is 12.3 Å². The predicted molar refractivity (Wildman–Crippen MR) is 48.8 cm³/mol. The van der Waals surface area contributed by atoms with Crippen LogP contribution in [0, 0.1) is 0 Å². The van der Waals surface area contributed by atoms with Crippen LogP contribution >= 0.6 is 11.3 Å². The number of nitrogens with zero attached hydrogens (tertiary/aromatic N) is 1. The molecule has 0 aliphatic rings. The molecule has 1 aromatic rings. The summed E-state index contributed by atoms with van der Waals surface area (Å²) in [4.78, 5) is 14.9. The maximum Gasteiger partial charge on any atom is 0.243 e. The van der Waals surface area contributed by atoms with Crippen LogP contribution in [0.4, 0.5) is 0 Å². The fraction of sp³-hybridized carbons (Fsp3) is 0.250. The molecule has 0 aliphatic carbocycles. The topological polar surface area (TPSA) is 42.0 Å². The summed E-state index contributed by atoms with van der Waals surface area (Å²) >= 11 is 1.52. The number of carbonyl (C=O) groups is 1. The van der Waals surface area contributed by atoms with Crippen LogP contribution in [0.2, 0.25) is 0 Å². The molecular weight excluding hydrogens is 172 g/mol. The Morgan fingerprint density at radius 2 is 2.67 bits per heavy atom. The smallest absolute Gasteiger partial charge is 0.243 e. The molecule has 64 valence electrons. The molecule has 1 aromatic heterocycles. The van der Waals surface area contributed by atoms with Crippen LogP contribution in [0.3, 0.4) is 0 Å². The molecule has 0 fully saturated rings. The van der Waals surface area contributed by atoms with Crippen molar-refractivity contribution in [1.82, 2.24) is 10.3 Å². The van der Waals surface area contributed by atoms with E-state index in [0.717, 1.165) is 5.69 Å². The number of thiazole rings is 1. The van der Waals surface area contributed by atoms with Gasteiger partial charge in [-0.2, -0.15) is 0 Å². The molecule has 0 bridgehead atoms. The molecule has 12 heavy (non-hydrogen) atoms. The Morgan fingerprint density at radius 3 is 3.25 bits per heavy atom. The van der Waals surface area contributed by atoms with Gasteiger partial charge in [-0.15, -0.1) is 11.3 Å². The normalized spacial score (nSPS) is 10.4. The fourth-order valence-electron chi connectivity index (χ4n) is 0.713. The molecule has 0 saturated carbocycles. The van der Waals surface area contributed by atoms with Crippen LogP contribution in [0.25, 0.3) is 0 Å². The Labute approximate surface area is 75.1 Å². The first-order valence-electron chi connectivity index (χ1n) is 3.60. The third kappa shape index (κ3) is 2.84. The highest BCUT2D eigenvalue weighted by Gasteiger charge is 1.96. The Hall–Kier alpha value is -1.16. The molecule has 1 amide bonds. The average molecular weight is 182 g/mol. The van der Waals surface area contributed by atoms with Gasteiger partial charge in [-0.1, -0.05) is 6.08 Å². The fourth-order valence-corrected chi connectivity index (χ4v) is 1.27. The van der Waals surface area contributed by atoms with Crippen LogP contribution in [0.1, 0.15) is 12.6 Å². The highest BCUT2D eigenvalue weighted by molar-refractivity contribution is 7.07. The van der Waals surface area contributed by atoms with E-state index in [1.165, 1.54) is 17.4 Å². The van der Waals surface area contributed by atoms with Gasteiger partial charge in [0.15, 0.2) is 0 Å². The van der Waals surface area contributed by atoms with Crippen molar-refractivity contribution in [3.05, 3.63) is 28.7 Å². The maximum atomic E-state index is 10.9. The van der Waals surface area contributed by atoms with Crippen LogP contribution < -0.4 is 5.32 Å². The molecule has 0 aromatic carbocycles. The summed E-state index contributed by atoms with van der Waals surface area (Å²) in [6.45, 7) is 2.31. The minimum atomic E-state index is -0.0782. The van der Waals surface area contributed by atoms with Crippen molar-refractivity contribution in [2.24, 2.45) is 0 Å². The summed E-state index contributed by atoms with van der Waals surface area (Å²) in [6.07, 6.45) is 3.20. The Kier molecular flexibility index (Phi) is 3.47. The van der Waals surface area contributed by atoms with Crippen molar-refractivity contribution >= 4 is 17.2 Å². The third-order valence-corrected chi connectivity index (χ3v) is 1.88. The van der Waals surface area contributed by atoms with E-state index in [1.54, 1.807) is 11.6 Å². The first-order chi connectivity index (χ1) is 5.83. The number of amides is 1. The Morgan fingerprint density at radius 1 is 1.83 bits per heavy atom. The van der Waals surface area contributed by atoms with Crippen molar-refractivity contribution < 1.29 is 4.79 Å². The van der Waals surface area contributed by atoms with E-state index in [4.69, 9.17) is 0 Å². The predicted octanol–water partition coefficient (Wildman–Crippen LogP) is 1.34. The molecule has 0 unspecified atom stereocenters. The minimum Gasteiger partial charge on any atom is -0.347 e. The van der Waals surface area contributed by atoms with Crippen molar-refractivity contribution in [2.75, 3.05) is 0 Å². The zero-order valence-corrected chi connectivity index (χ0v) is 7.60. The molecule has 1 N–H and O–H groups in total. The molecule has 3 nitrogen and oxygen atoms in total. The van der Waals surface area contributed by atoms with Gasteiger partial charge in [0.1, 0.15) is 0 Å². The van der Waals surface area contributed by atoms with E-state index in [0.29, 0.717) is 6.54 Å². The largest absolute Gasteiger partial charge is 0.347 e. The lowest BCUT2D eigenvalue weighted by atomic mass is 10.4. The third-order valence-electron chi connectivity index (χ3n) is 1.25. The summed E-state index contributed by atoms with van der Waals surface area (Å²) in [6, 6.07) is 0. The van der Waals surface area contributed by atoms with Crippen molar-refractivity contribution in [2.45, 2.75) is 13.5 Å². The SMILES string of the molecule is CC=CC(=O)NCc1cscn1. The van der Waals surface area contributed by atoms with E-state index in [-0.39, 0.29) is 5.91 Å². The number of hydrogen-bond donors (Lipinski definition) is 1. The van der Waals surface area contributed by atoms with Crippen molar-refractivity contribution in [3.8, 4) is 0 Å². The Bertz CT molecular complexity index is 267. The van der Waals surface area contributed by atoms with Crippen molar-refractivity contribution in [1.29, 1.82) is 0 Å². The van der Waals surface area contributed by atoms with Gasteiger partial charge in [-0.05, 0) is 13.0 Å². The van der Waals surface area contributed by atoms with Crippen LogP contribution in [0.15, 0.2) is 23.0 Å². The summed E-state index contributed by atoms with van der Waals surface area (Å²) in [5, 5.41) is 4.62. The highest BCUT2D eigenvalue weighted by Crippen LogP contribution is 1.99. The summed E-state index contributed by atoms with van der Waals surface area (Å²) in [7, 11) is 0. The molecule has 0 spiro atoms. The maximum absolute atomic E-state index is 10.9. The second-order valence-electron chi connectivity index (χ2n) is 2.20. The minimum absolute atomic E-state index is 0.0782. The van der Waals surface area contributed by atoms with Gasteiger partial charge in [0.05, 0.1) is 17.7 Å². The highest BCUT2D eigenvalue weighted by atomic mass is 32.1. The van der Waals surface area contributed by atoms with Crippen LogP contribution in [0.5, 0.6) is 0 Å². The second-order valence-corrected chi connectivity index (χ2v) is 2.92. The van der Waals surface area contributed by atoms with Crippen molar-refractivity contribution in [3.63, 3.8) is 0 Å². The van der Waals surface area contributed by atoms with E-state index in [9.17, 15) is 4.79 Å². The lowest BCUT2D eigenvalue weighted by Gasteiger charge is -1.96. The first-order valence-corrected chi connectivity index (χ1v) is 4.55. The molecule has 0 radical (unpaired) electrons. The summed E-state index contributed by atoms with van der Waals surface area (Å²) in [5.74, 6) is -0.0782. The van der Waals surface area contributed by atoms with Crippen LogP contribution in [-0.4, -0.2) is 10.9 Å². The second kappa shape index (κ2) is 4.66. The number of allylic oxidation sites excluding steroid dienone is 1. The van der Waals surface area contributed by atoms with Gasteiger partial charge in [-0.3, -0.25) is 4.79 Å². The average Bonchev–Trinajstić information content (AvgIpc) is 2.53. The van der Waals surface area contributed by atoms with Gasteiger partial charge < -0.3 is 5.32 Å².